The predicted molar refractivity (Wildman–Crippen MR) is 39.6 cm³/mol. The Hall–Kier alpha value is -0.340. The Morgan fingerprint density at radius 1 is 1.70 bits per heavy atom. The van der Waals surface area contributed by atoms with Crippen molar-refractivity contribution >= 4 is 0 Å². The summed E-state index contributed by atoms with van der Waals surface area (Å²) in [5.74, 6) is 0. The summed E-state index contributed by atoms with van der Waals surface area (Å²) in [6.45, 7) is 5.17. The van der Waals surface area contributed by atoms with Crippen LogP contribution in [0.15, 0.2) is 12.7 Å². The van der Waals surface area contributed by atoms with Crippen molar-refractivity contribution < 1.29 is 10.2 Å². The number of hydrogen-bond acceptors (Lipinski definition) is 2. The van der Waals surface area contributed by atoms with Crippen LogP contribution < -0.4 is 0 Å². The van der Waals surface area contributed by atoms with Crippen LogP contribution in [-0.4, -0.2) is 21.4 Å². The van der Waals surface area contributed by atoms with Crippen molar-refractivity contribution in [2.24, 2.45) is 0 Å². The normalized spacial score (nSPS) is 27.1. The van der Waals surface area contributed by atoms with Crippen LogP contribution in [-0.2, 0) is 0 Å². The van der Waals surface area contributed by atoms with E-state index >= 15 is 0 Å². The molecule has 10 heavy (non-hydrogen) atoms. The van der Waals surface area contributed by atoms with E-state index in [1.165, 1.54) is 0 Å². The third-order valence-corrected chi connectivity index (χ3v) is 2.27. The summed E-state index contributed by atoms with van der Waals surface area (Å²) in [7, 11) is 0. The average Bonchev–Trinajstić information content (AvgIpc) is 2.49. The standard InChI is InChI=1S/C8H14O2/c1-3-4-7(2,9)8(10)5-6-8/h3,9-10H,1,4-6H2,2H3. The molecule has 0 saturated heterocycles. The van der Waals surface area contributed by atoms with E-state index < -0.39 is 11.2 Å². The number of aliphatic hydroxyl groups is 2. The molecule has 2 nitrogen and oxygen atoms in total. The van der Waals surface area contributed by atoms with Crippen molar-refractivity contribution in [3.63, 3.8) is 0 Å². The predicted octanol–water partition coefficient (Wildman–Crippen LogP) is 0.838. The first-order valence-corrected chi connectivity index (χ1v) is 3.57. The summed E-state index contributed by atoms with van der Waals surface area (Å²) in [5.41, 5.74) is -1.78. The van der Waals surface area contributed by atoms with Gasteiger partial charge < -0.3 is 10.2 Å². The van der Waals surface area contributed by atoms with Crippen LogP contribution in [0.4, 0.5) is 0 Å². The minimum absolute atomic E-state index is 0.462. The third kappa shape index (κ3) is 1.09. The van der Waals surface area contributed by atoms with Gasteiger partial charge in [0.25, 0.3) is 0 Å². The van der Waals surface area contributed by atoms with Gasteiger partial charge >= 0.3 is 0 Å². The average molecular weight is 142 g/mol. The lowest BCUT2D eigenvalue weighted by atomic mass is 9.93. The van der Waals surface area contributed by atoms with Gasteiger partial charge in [0.2, 0.25) is 0 Å². The van der Waals surface area contributed by atoms with Gasteiger partial charge in [-0.1, -0.05) is 6.08 Å². The molecule has 0 heterocycles. The third-order valence-electron chi connectivity index (χ3n) is 2.27. The van der Waals surface area contributed by atoms with Crippen LogP contribution in [0, 0.1) is 0 Å². The molecule has 2 N–H and O–H groups in total. The van der Waals surface area contributed by atoms with Crippen LogP contribution in [0.3, 0.4) is 0 Å². The molecule has 0 aromatic rings. The lowest BCUT2D eigenvalue weighted by Gasteiger charge is -2.27. The molecule has 0 aliphatic heterocycles. The molecule has 1 fully saturated rings. The summed E-state index contributed by atoms with van der Waals surface area (Å²) >= 11 is 0. The van der Waals surface area contributed by atoms with Crippen molar-refractivity contribution in [2.75, 3.05) is 0 Å². The fourth-order valence-electron chi connectivity index (χ4n) is 1.13. The molecule has 1 atom stereocenters. The Bertz CT molecular complexity index is 145. The second-order valence-corrected chi connectivity index (χ2v) is 3.30. The van der Waals surface area contributed by atoms with Gasteiger partial charge in [-0.3, -0.25) is 0 Å². The van der Waals surface area contributed by atoms with E-state index in [1.807, 2.05) is 0 Å². The molecular weight excluding hydrogens is 128 g/mol. The molecule has 1 unspecified atom stereocenters. The van der Waals surface area contributed by atoms with Crippen molar-refractivity contribution in [1.82, 2.24) is 0 Å². The zero-order chi connectivity index (χ0) is 7.83. The molecule has 0 spiro atoms. The molecular formula is C8H14O2. The van der Waals surface area contributed by atoms with Crippen molar-refractivity contribution in [3.8, 4) is 0 Å². The molecule has 0 amide bonds. The van der Waals surface area contributed by atoms with Gasteiger partial charge in [-0.25, -0.2) is 0 Å². The summed E-state index contributed by atoms with van der Waals surface area (Å²) in [6, 6.07) is 0. The smallest absolute Gasteiger partial charge is 0.0939 e. The summed E-state index contributed by atoms with van der Waals surface area (Å²) in [5, 5.41) is 19.1. The molecule has 58 valence electrons. The highest BCUT2D eigenvalue weighted by Crippen LogP contribution is 2.46. The zero-order valence-corrected chi connectivity index (χ0v) is 6.30. The second-order valence-electron chi connectivity index (χ2n) is 3.30. The minimum Gasteiger partial charge on any atom is -0.387 e. The Morgan fingerprint density at radius 3 is 2.50 bits per heavy atom. The van der Waals surface area contributed by atoms with Crippen molar-refractivity contribution in [1.29, 1.82) is 0 Å². The van der Waals surface area contributed by atoms with Gasteiger partial charge in [0, 0.05) is 0 Å². The van der Waals surface area contributed by atoms with Crippen molar-refractivity contribution in [2.45, 2.75) is 37.4 Å². The fourth-order valence-corrected chi connectivity index (χ4v) is 1.13. The zero-order valence-electron chi connectivity index (χ0n) is 6.30. The molecule has 0 aromatic heterocycles. The largest absolute Gasteiger partial charge is 0.387 e. The Morgan fingerprint density at radius 2 is 2.20 bits per heavy atom. The first-order valence-electron chi connectivity index (χ1n) is 3.57. The first-order chi connectivity index (χ1) is 4.52. The van der Waals surface area contributed by atoms with E-state index in [0.717, 1.165) is 0 Å². The van der Waals surface area contributed by atoms with Crippen LogP contribution >= 0.6 is 0 Å². The first kappa shape index (κ1) is 7.76. The van der Waals surface area contributed by atoms with Crippen LogP contribution in [0.1, 0.15) is 26.2 Å². The van der Waals surface area contributed by atoms with E-state index in [4.69, 9.17) is 0 Å². The van der Waals surface area contributed by atoms with Gasteiger partial charge in [-0.05, 0) is 26.2 Å². The molecule has 1 saturated carbocycles. The second kappa shape index (κ2) is 2.07. The minimum atomic E-state index is -0.964. The van der Waals surface area contributed by atoms with Gasteiger partial charge in [-0.15, -0.1) is 6.58 Å². The summed E-state index contributed by atoms with van der Waals surface area (Å²) in [6.07, 6.45) is 3.53. The highest BCUT2D eigenvalue weighted by molar-refractivity contribution is 5.09. The van der Waals surface area contributed by atoms with Gasteiger partial charge in [-0.2, -0.15) is 0 Å². The monoisotopic (exact) mass is 142 g/mol. The SMILES string of the molecule is C=CCC(C)(O)C1(O)CC1. The van der Waals surface area contributed by atoms with E-state index in [-0.39, 0.29) is 0 Å². The fraction of sp³-hybridized carbons (Fsp3) is 0.750. The number of rotatable bonds is 3. The molecule has 0 radical (unpaired) electrons. The Labute approximate surface area is 61.2 Å². The van der Waals surface area contributed by atoms with Gasteiger partial charge in [0.1, 0.15) is 0 Å². The highest BCUT2D eigenvalue weighted by Gasteiger charge is 2.54. The molecule has 1 aliphatic rings. The Kier molecular flexibility index (Phi) is 1.61. The maximum Gasteiger partial charge on any atom is 0.0939 e. The number of hydrogen-bond donors (Lipinski definition) is 2. The van der Waals surface area contributed by atoms with Crippen LogP contribution in [0.25, 0.3) is 0 Å². The molecule has 1 aliphatic carbocycles. The van der Waals surface area contributed by atoms with Gasteiger partial charge in [0.15, 0.2) is 0 Å². The topological polar surface area (TPSA) is 40.5 Å². The van der Waals surface area contributed by atoms with E-state index in [0.29, 0.717) is 19.3 Å². The Balaban J connectivity index is 2.58. The lowest BCUT2D eigenvalue weighted by molar-refractivity contribution is -0.0771. The maximum absolute atomic E-state index is 9.59. The molecule has 2 heteroatoms. The van der Waals surface area contributed by atoms with Crippen molar-refractivity contribution in [3.05, 3.63) is 12.7 Å². The lowest BCUT2D eigenvalue weighted by Crippen LogP contribution is -2.40. The van der Waals surface area contributed by atoms with E-state index in [1.54, 1.807) is 13.0 Å². The van der Waals surface area contributed by atoms with Crippen LogP contribution in [0.2, 0.25) is 0 Å². The summed E-state index contributed by atoms with van der Waals surface area (Å²) < 4.78 is 0. The highest BCUT2D eigenvalue weighted by atomic mass is 16.4. The summed E-state index contributed by atoms with van der Waals surface area (Å²) in [4.78, 5) is 0. The quantitative estimate of drug-likeness (QED) is 0.573. The molecule has 0 aromatic carbocycles. The van der Waals surface area contributed by atoms with E-state index in [9.17, 15) is 10.2 Å². The van der Waals surface area contributed by atoms with Crippen LogP contribution in [0.5, 0.6) is 0 Å². The van der Waals surface area contributed by atoms with E-state index in [2.05, 4.69) is 6.58 Å². The van der Waals surface area contributed by atoms with Gasteiger partial charge in [0.05, 0.1) is 11.2 Å². The maximum atomic E-state index is 9.59. The molecule has 0 bridgehead atoms. The molecule has 1 rings (SSSR count).